The number of nitrogens with zero attached hydrogens (tertiary/aromatic N) is 2. The van der Waals surface area contributed by atoms with Crippen LogP contribution in [0.4, 0.5) is 11.8 Å². The van der Waals surface area contributed by atoms with Crippen LogP contribution in [0.15, 0.2) is 11.4 Å². The molecule has 1 aliphatic rings. The molecule has 138 valence electrons. The van der Waals surface area contributed by atoms with Crippen LogP contribution >= 0.6 is 22.9 Å². The molecule has 0 aromatic carbocycles. The van der Waals surface area contributed by atoms with Gasteiger partial charge in [0.1, 0.15) is 17.5 Å². The largest absolute Gasteiger partial charge is 0.396 e. The van der Waals surface area contributed by atoms with Crippen LogP contribution in [-0.4, -0.2) is 50.1 Å². The third kappa shape index (κ3) is 3.77. The van der Waals surface area contributed by atoms with Crippen LogP contribution in [0.5, 0.6) is 0 Å². The standard InChI is InChI=1S/C17H19ClN4O3S/c1-8-4-5-26-12(8)3-2-10-15(18)21-17(19)22-16(10)20-11-6-9(7-23)13(24)14(11)25/h4-5,9,11,13-14,23-25H,6-7H2,1H3,(H3,19,20,21,22)/t9-,11-,13-,14+/m1/s1. The van der Waals surface area contributed by atoms with Crippen molar-refractivity contribution in [3.8, 4) is 11.8 Å². The SMILES string of the molecule is Cc1ccsc1C#Cc1c(Cl)nc(N)nc1N[C@@H]1C[C@H](CO)[C@@H](O)[C@H]1O. The number of nitrogens with two attached hydrogens (primary N) is 1. The van der Waals surface area contributed by atoms with Gasteiger partial charge in [0.15, 0.2) is 5.15 Å². The molecule has 9 heteroatoms. The Kier molecular flexibility index (Phi) is 5.65. The van der Waals surface area contributed by atoms with Crippen molar-refractivity contribution in [2.24, 2.45) is 5.92 Å². The third-order valence-electron chi connectivity index (χ3n) is 4.40. The Bertz CT molecular complexity index is 863. The highest BCUT2D eigenvalue weighted by Crippen LogP contribution is 2.30. The minimum atomic E-state index is -1.05. The van der Waals surface area contributed by atoms with E-state index in [0.717, 1.165) is 10.4 Å². The zero-order chi connectivity index (χ0) is 18.8. The van der Waals surface area contributed by atoms with E-state index >= 15 is 0 Å². The highest BCUT2D eigenvalue weighted by atomic mass is 35.5. The summed E-state index contributed by atoms with van der Waals surface area (Å²) >= 11 is 7.72. The van der Waals surface area contributed by atoms with Crippen LogP contribution in [0.3, 0.4) is 0 Å². The molecule has 0 radical (unpaired) electrons. The van der Waals surface area contributed by atoms with Crippen molar-refractivity contribution in [2.45, 2.75) is 31.6 Å². The van der Waals surface area contributed by atoms with Crippen molar-refractivity contribution in [2.75, 3.05) is 17.7 Å². The maximum Gasteiger partial charge on any atom is 0.223 e. The van der Waals surface area contributed by atoms with Crippen LogP contribution < -0.4 is 11.1 Å². The zero-order valence-corrected chi connectivity index (χ0v) is 15.6. The number of nitrogens with one attached hydrogen (secondary N) is 1. The lowest BCUT2D eigenvalue weighted by Crippen LogP contribution is -2.35. The molecule has 26 heavy (non-hydrogen) atoms. The van der Waals surface area contributed by atoms with Crippen molar-refractivity contribution < 1.29 is 15.3 Å². The lowest BCUT2D eigenvalue weighted by atomic mass is 10.1. The summed E-state index contributed by atoms with van der Waals surface area (Å²) in [6.45, 7) is 1.75. The molecular formula is C17H19ClN4O3S. The first kappa shape index (κ1) is 18.9. The summed E-state index contributed by atoms with van der Waals surface area (Å²) in [5, 5.41) is 34.6. The summed E-state index contributed by atoms with van der Waals surface area (Å²) in [6.07, 6.45) is -1.70. The van der Waals surface area contributed by atoms with Crippen molar-refractivity contribution in [3.63, 3.8) is 0 Å². The van der Waals surface area contributed by atoms with Gasteiger partial charge in [0.2, 0.25) is 5.95 Å². The van der Waals surface area contributed by atoms with Crippen molar-refractivity contribution in [1.82, 2.24) is 9.97 Å². The first-order valence-electron chi connectivity index (χ1n) is 8.03. The molecule has 0 aliphatic heterocycles. The van der Waals surface area contributed by atoms with Gasteiger partial charge in [-0.05, 0) is 30.4 Å². The third-order valence-corrected chi connectivity index (χ3v) is 5.61. The van der Waals surface area contributed by atoms with E-state index in [0.29, 0.717) is 17.8 Å². The van der Waals surface area contributed by atoms with Crippen LogP contribution in [0.2, 0.25) is 5.15 Å². The molecule has 4 atom stereocenters. The number of halogens is 1. The molecule has 1 saturated carbocycles. The molecule has 0 unspecified atom stereocenters. The maximum atomic E-state index is 10.2. The van der Waals surface area contributed by atoms with E-state index in [1.807, 2.05) is 18.4 Å². The zero-order valence-electron chi connectivity index (χ0n) is 14.0. The van der Waals surface area contributed by atoms with Crippen LogP contribution in [0.25, 0.3) is 0 Å². The molecule has 1 aliphatic carbocycles. The average molecular weight is 395 g/mol. The fourth-order valence-electron chi connectivity index (χ4n) is 2.91. The molecule has 2 heterocycles. The van der Waals surface area contributed by atoms with Gasteiger partial charge in [-0.15, -0.1) is 11.3 Å². The normalized spacial score (nSPS) is 25.0. The van der Waals surface area contributed by atoms with Crippen LogP contribution in [0, 0.1) is 24.7 Å². The number of aryl methyl sites for hydroxylation is 1. The summed E-state index contributed by atoms with van der Waals surface area (Å²) < 4.78 is 0. The summed E-state index contributed by atoms with van der Waals surface area (Å²) in [7, 11) is 0. The van der Waals surface area contributed by atoms with Gasteiger partial charge in [-0.1, -0.05) is 23.4 Å². The van der Waals surface area contributed by atoms with E-state index in [1.165, 1.54) is 11.3 Å². The molecule has 2 aromatic rings. The van der Waals surface area contributed by atoms with Gasteiger partial charge in [0.25, 0.3) is 0 Å². The van der Waals surface area contributed by atoms with E-state index in [1.54, 1.807) is 0 Å². The summed E-state index contributed by atoms with van der Waals surface area (Å²) in [4.78, 5) is 8.99. The number of anilines is 2. The number of aliphatic hydroxyl groups excluding tert-OH is 3. The monoisotopic (exact) mass is 394 g/mol. The number of thiophene rings is 1. The van der Waals surface area contributed by atoms with Gasteiger partial charge in [-0.3, -0.25) is 0 Å². The van der Waals surface area contributed by atoms with Crippen LogP contribution in [0.1, 0.15) is 22.4 Å². The second-order valence-electron chi connectivity index (χ2n) is 6.19. The van der Waals surface area contributed by atoms with E-state index in [2.05, 4.69) is 27.1 Å². The first-order valence-corrected chi connectivity index (χ1v) is 9.29. The first-order chi connectivity index (χ1) is 12.4. The number of aromatic nitrogens is 2. The second-order valence-corrected chi connectivity index (χ2v) is 7.46. The molecule has 7 nitrogen and oxygen atoms in total. The van der Waals surface area contributed by atoms with Crippen molar-refractivity contribution in [3.05, 3.63) is 32.6 Å². The summed E-state index contributed by atoms with van der Waals surface area (Å²) in [5.41, 5.74) is 7.11. The minimum absolute atomic E-state index is 0.0258. The molecule has 0 saturated heterocycles. The number of aliphatic hydroxyl groups is 3. The van der Waals surface area contributed by atoms with E-state index < -0.39 is 24.2 Å². The fraction of sp³-hybridized carbons (Fsp3) is 0.412. The highest BCUT2D eigenvalue weighted by molar-refractivity contribution is 7.10. The van der Waals surface area contributed by atoms with E-state index in [4.69, 9.17) is 17.3 Å². The predicted molar refractivity (Wildman–Crippen MR) is 101 cm³/mol. The molecule has 1 fully saturated rings. The van der Waals surface area contributed by atoms with Gasteiger partial charge in [-0.25, -0.2) is 0 Å². The van der Waals surface area contributed by atoms with Gasteiger partial charge in [0.05, 0.1) is 17.0 Å². The fourth-order valence-corrected chi connectivity index (χ4v) is 3.90. The molecular weight excluding hydrogens is 376 g/mol. The Balaban J connectivity index is 1.92. The molecule has 0 spiro atoms. The van der Waals surface area contributed by atoms with E-state index in [-0.39, 0.29) is 17.7 Å². The van der Waals surface area contributed by atoms with Gasteiger partial charge in [-0.2, -0.15) is 9.97 Å². The Labute approximate surface area is 159 Å². The highest BCUT2D eigenvalue weighted by Gasteiger charge is 2.41. The number of nitrogen functional groups attached to an aromatic ring is 1. The Morgan fingerprint density at radius 3 is 2.73 bits per heavy atom. The number of hydrogen-bond donors (Lipinski definition) is 5. The number of hydrogen-bond acceptors (Lipinski definition) is 8. The lowest BCUT2D eigenvalue weighted by Gasteiger charge is -2.19. The molecule has 0 amide bonds. The number of rotatable bonds is 3. The topological polar surface area (TPSA) is 125 Å². The maximum absolute atomic E-state index is 10.2. The Morgan fingerprint density at radius 2 is 2.12 bits per heavy atom. The quantitative estimate of drug-likeness (QED) is 0.388. The lowest BCUT2D eigenvalue weighted by molar-refractivity contribution is 0.00445. The van der Waals surface area contributed by atoms with Gasteiger partial charge < -0.3 is 26.4 Å². The van der Waals surface area contributed by atoms with E-state index in [9.17, 15) is 15.3 Å². The average Bonchev–Trinajstić information content (AvgIpc) is 3.12. The summed E-state index contributed by atoms with van der Waals surface area (Å²) in [5.74, 6) is 5.86. The second kappa shape index (κ2) is 7.78. The van der Waals surface area contributed by atoms with Crippen molar-refractivity contribution >= 4 is 34.7 Å². The summed E-state index contributed by atoms with van der Waals surface area (Å²) in [6, 6.07) is 1.46. The predicted octanol–water partition coefficient (Wildman–Crippen LogP) is 0.996. The Hall–Kier alpha value is -1.89. The molecule has 3 rings (SSSR count). The molecule has 2 aromatic heterocycles. The molecule has 0 bridgehead atoms. The van der Waals surface area contributed by atoms with Gasteiger partial charge >= 0.3 is 0 Å². The van der Waals surface area contributed by atoms with Crippen LogP contribution in [-0.2, 0) is 0 Å². The Morgan fingerprint density at radius 1 is 1.35 bits per heavy atom. The van der Waals surface area contributed by atoms with Gasteiger partial charge in [0, 0.05) is 12.5 Å². The van der Waals surface area contributed by atoms with Crippen molar-refractivity contribution in [1.29, 1.82) is 0 Å². The molecule has 6 N–H and O–H groups in total. The minimum Gasteiger partial charge on any atom is -0.396 e. The smallest absolute Gasteiger partial charge is 0.223 e.